The van der Waals surface area contributed by atoms with Crippen molar-refractivity contribution >= 4 is 23.4 Å². The second kappa shape index (κ2) is 6.59. The second-order valence-electron chi connectivity index (χ2n) is 4.67. The number of benzene rings is 2. The molecule has 4 heteroatoms. The Morgan fingerprint density at radius 3 is 2.40 bits per heavy atom. The van der Waals surface area contributed by atoms with Crippen molar-refractivity contribution in [1.29, 1.82) is 0 Å². The van der Waals surface area contributed by atoms with Crippen molar-refractivity contribution in [2.24, 2.45) is 5.73 Å². The van der Waals surface area contributed by atoms with Crippen LogP contribution in [0.25, 0.3) is 0 Å². The Morgan fingerprint density at radius 2 is 1.80 bits per heavy atom. The maximum atomic E-state index is 11.5. The van der Waals surface area contributed by atoms with E-state index < -0.39 is 6.04 Å². The molecule has 1 unspecified atom stereocenters. The molecule has 0 aliphatic carbocycles. The highest BCUT2D eigenvalue weighted by atomic mass is 32.2. The fourth-order valence-corrected chi connectivity index (χ4v) is 2.56. The molecule has 104 valence electrons. The minimum Gasteiger partial charge on any atom is -0.325 e. The normalized spacial score (nSPS) is 11.9. The summed E-state index contributed by atoms with van der Waals surface area (Å²) in [6, 6.07) is 15.5. The van der Waals surface area contributed by atoms with Crippen molar-refractivity contribution in [1.82, 2.24) is 0 Å². The number of amides is 1. The van der Waals surface area contributed by atoms with Crippen LogP contribution < -0.4 is 11.1 Å². The van der Waals surface area contributed by atoms with E-state index in [0.717, 1.165) is 10.6 Å². The van der Waals surface area contributed by atoms with Crippen molar-refractivity contribution in [2.75, 3.05) is 5.32 Å². The number of anilines is 1. The van der Waals surface area contributed by atoms with E-state index >= 15 is 0 Å². The van der Waals surface area contributed by atoms with E-state index in [9.17, 15) is 4.79 Å². The zero-order chi connectivity index (χ0) is 14.5. The van der Waals surface area contributed by atoms with Gasteiger partial charge in [0.15, 0.2) is 0 Å². The minimum absolute atomic E-state index is 0.177. The third kappa shape index (κ3) is 3.85. The largest absolute Gasteiger partial charge is 0.325 e. The van der Waals surface area contributed by atoms with Crippen LogP contribution in [0.4, 0.5) is 5.69 Å². The van der Waals surface area contributed by atoms with Crippen molar-refractivity contribution in [3.8, 4) is 0 Å². The smallest absolute Gasteiger partial charge is 0.240 e. The van der Waals surface area contributed by atoms with Gasteiger partial charge >= 0.3 is 0 Å². The van der Waals surface area contributed by atoms with E-state index in [4.69, 9.17) is 5.73 Å². The number of aryl methyl sites for hydroxylation is 1. The van der Waals surface area contributed by atoms with Gasteiger partial charge in [-0.15, -0.1) is 0 Å². The molecule has 0 bridgehead atoms. The summed E-state index contributed by atoms with van der Waals surface area (Å²) in [6.07, 6.45) is 0. The molecule has 0 saturated carbocycles. The molecule has 0 aliphatic heterocycles. The molecule has 2 aromatic rings. The van der Waals surface area contributed by atoms with Crippen LogP contribution in [-0.4, -0.2) is 11.9 Å². The third-order valence-electron chi connectivity index (χ3n) is 2.86. The van der Waals surface area contributed by atoms with Gasteiger partial charge in [0.25, 0.3) is 0 Å². The first-order valence-corrected chi connectivity index (χ1v) is 7.28. The van der Waals surface area contributed by atoms with E-state index in [2.05, 4.69) is 24.4 Å². The number of rotatable bonds is 4. The summed E-state index contributed by atoms with van der Waals surface area (Å²) in [4.78, 5) is 13.9. The Kier molecular flexibility index (Phi) is 4.82. The molecule has 2 rings (SSSR count). The van der Waals surface area contributed by atoms with Crippen molar-refractivity contribution in [3.63, 3.8) is 0 Å². The zero-order valence-corrected chi connectivity index (χ0v) is 12.4. The van der Waals surface area contributed by atoms with E-state index in [-0.39, 0.29) is 5.91 Å². The maximum Gasteiger partial charge on any atom is 0.240 e. The van der Waals surface area contributed by atoms with Crippen LogP contribution in [0, 0.1) is 6.92 Å². The first-order chi connectivity index (χ1) is 9.56. The fraction of sp³-hybridized carbons (Fsp3) is 0.188. The molecule has 3 N–H and O–H groups in total. The summed E-state index contributed by atoms with van der Waals surface area (Å²) in [5, 5.41) is 2.77. The SMILES string of the molecule is Cc1ccccc1Sc1ccc(NC(=O)C(C)N)cc1. The summed E-state index contributed by atoms with van der Waals surface area (Å²) in [5.41, 5.74) is 7.54. The topological polar surface area (TPSA) is 55.1 Å². The molecule has 1 atom stereocenters. The van der Waals surface area contributed by atoms with Crippen LogP contribution >= 0.6 is 11.8 Å². The highest BCUT2D eigenvalue weighted by Gasteiger charge is 2.07. The third-order valence-corrected chi connectivity index (χ3v) is 4.04. The van der Waals surface area contributed by atoms with Gasteiger partial charge in [0.2, 0.25) is 5.91 Å². The molecule has 2 aromatic carbocycles. The predicted octanol–water partition coefficient (Wildman–Crippen LogP) is 3.43. The molecule has 1 amide bonds. The summed E-state index contributed by atoms with van der Waals surface area (Å²) in [5.74, 6) is -0.177. The Morgan fingerprint density at radius 1 is 1.15 bits per heavy atom. The number of nitrogens with one attached hydrogen (secondary N) is 1. The van der Waals surface area contributed by atoms with E-state index in [1.807, 2.05) is 36.4 Å². The van der Waals surface area contributed by atoms with Crippen LogP contribution in [0.1, 0.15) is 12.5 Å². The first kappa shape index (κ1) is 14.6. The van der Waals surface area contributed by atoms with Gasteiger partial charge in [-0.05, 0) is 49.7 Å². The van der Waals surface area contributed by atoms with Crippen LogP contribution in [0.15, 0.2) is 58.3 Å². The highest BCUT2D eigenvalue weighted by Crippen LogP contribution is 2.30. The standard InChI is InChI=1S/C16H18N2OS/c1-11-5-3-4-6-15(11)20-14-9-7-13(8-10-14)18-16(19)12(2)17/h3-10,12H,17H2,1-2H3,(H,18,19). The Hall–Kier alpha value is -1.78. The lowest BCUT2D eigenvalue weighted by Gasteiger charge is -2.09. The molecule has 0 heterocycles. The molecule has 0 spiro atoms. The van der Waals surface area contributed by atoms with Gasteiger partial charge < -0.3 is 11.1 Å². The average molecular weight is 286 g/mol. The van der Waals surface area contributed by atoms with Gasteiger partial charge in [-0.3, -0.25) is 4.79 Å². The molecule has 0 aromatic heterocycles. The van der Waals surface area contributed by atoms with Crippen molar-refractivity contribution < 1.29 is 4.79 Å². The van der Waals surface area contributed by atoms with Crippen LogP contribution in [0.5, 0.6) is 0 Å². The van der Waals surface area contributed by atoms with E-state index in [1.165, 1.54) is 10.5 Å². The lowest BCUT2D eigenvalue weighted by atomic mass is 10.2. The summed E-state index contributed by atoms with van der Waals surface area (Å²) in [7, 11) is 0. The minimum atomic E-state index is -0.504. The van der Waals surface area contributed by atoms with Gasteiger partial charge in [-0.1, -0.05) is 30.0 Å². The predicted molar refractivity (Wildman–Crippen MR) is 84.0 cm³/mol. The van der Waals surface area contributed by atoms with Gasteiger partial charge in [-0.25, -0.2) is 0 Å². The van der Waals surface area contributed by atoms with E-state index in [1.54, 1.807) is 18.7 Å². The number of hydrogen-bond donors (Lipinski definition) is 2. The van der Waals surface area contributed by atoms with Crippen LogP contribution in [0.2, 0.25) is 0 Å². The number of carbonyl (C=O) groups is 1. The van der Waals surface area contributed by atoms with Crippen LogP contribution in [0.3, 0.4) is 0 Å². The Labute approximate surface area is 123 Å². The molecule has 20 heavy (non-hydrogen) atoms. The Balaban J connectivity index is 2.05. The molecular formula is C16H18N2OS. The van der Waals surface area contributed by atoms with Gasteiger partial charge in [0, 0.05) is 15.5 Å². The quantitative estimate of drug-likeness (QED) is 0.905. The lowest BCUT2D eigenvalue weighted by molar-refractivity contribution is -0.117. The van der Waals surface area contributed by atoms with Gasteiger partial charge in [-0.2, -0.15) is 0 Å². The molecule has 0 fully saturated rings. The monoisotopic (exact) mass is 286 g/mol. The second-order valence-corrected chi connectivity index (χ2v) is 5.79. The van der Waals surface area contributed by atoms with Crippen LogP contribution in [-0.2, 0) is 4.79 Å². The average Bonchev–Trinajstić information content (AvgIpc) is 2.43. The molecular weight excluding hydrogens is 268 g/mol. The molecule has 3 nitrogen and oxygen atoms in total. The molecule has 0 saturated heterocycles. The first-order valence-electron chi connectivity index (χ1n) is 6.46. The Bertz CT molecular complexity index is 594. The summed E-state index contributed by atoms with van der Waals surface area (Å²) >= 11 is 1.71. The molecule has 0 radical (unpaired) electrons. The highest BCUT2D eigenvalue weighted by molar-refractivity contribution is 7.99. The summed E-state index contributed by atoms with van der Waals surface area (Å²) < 4.78 is 0. The maximum absolute atomic E-state index is 11.5. The number of carbonyl (C=O) groups excluding carboxylic acids is 1. The summed E-state index contributed by atoms with van der Waals surface area (Å²) in [6.45, 7) is 3.76. The van der Waals surface area contributed by atoms with Gasteiger partial charge in [0.05, 0.1) is 6.04 Å². The zero-order valence-electron chi connectivity index (χ0n) is 11.6. The number of nitrogens with two attached hydrogens (primary N) is 1. The number of hydrogen-bond acceptors (Lipinski definition) is 3. The molecule has 0 aliphatic rings. The van der Waals surface area contributed by atoms with Crippen molar-refractivity contribution in [3.05, 3.63) is 54.1 Å². The fourth-order valence-electron chi connectivity index (χ4n) is 1.66. The van der Waals surface area contributed by atoms with Gasteiger partial charge in [0.1, 0.15) is 0 Å². The van der Waals surface area contributed by atoms with E-state index in [0.29, 0.717) is 0 Å². The lowest BCUT2D eigenvalue weighted by Crippen LogP contribution is -2.32. The van der Waals surface area contributed by atoms with Crippen molar-refractivity contribution in [2.45, 2.75) is 29.7 Å².